The first-order valence-corrected chi connectivity index (χ1v) is 13.4. The number of piperidine rings is 1. The number of carboxylic acids is 1. The summed E-state index contributed by atoms with van der Waals surface area (Å²) in [6.45, 7) is 2.38. The van der Waals surface area contributed by atoms with E-state index in [1.807, 2.05) is 36.0 Å². The molecule has 9 heteroatoms. The molecule has 1 aliphatic heterocycles. The first kappa shape index (κ1) is 24.9. The Bertz CT molecular complexity index is 1080. The highest BCUT2D eigenvalue weighted by molar-refractivity contribution is 8.01. The topological polar surface area (TPSA) is 94.9 Å². The Labute approximate surface area is 208 Å². The van der Waals surface area contributed by atoms with Crippen molar-refractivity contribution < 1.29 is 19.8 Å². The van der Waals surface area contributed by atoms with Gasteiger partial charge in [0.05, 0.1) is 28.8 Å². The minimum Gasteiger partial charge on any atom is -0.497 e. The molecule has 3 atom stereocenters. The van der Waals surface area contributed by atoms with Crippen LogP contribution in [-0.2, 0) is 4.79 Å². The van der Waals surface area contributed by atoms with E-state index in [4.69, 9.17) is 4.74 Å². The fourth-order valence-electron chi connectivity index (χ4n) is 4.77. The van der Waals surface area contributed by atoms with Crippen molar-refractivity contribution in [2.75, 3.05) is 32.5 Å². The summed E-state index contributed by atoms with van der Waals surface area (Å²) in [5.74, 6) is 0.653. The third-order valence-electron chi connectivity index (χ3n) is 6.64. The Morgan fingerprint density at radius 1 is 1.38 bits per heavy atom. The van der Waals surface area contributed by atoms with Crippen molar-refractivity contribution in [3.05, 3.63) is 53.5 Å². The molecule has 3 aromatic rings. The lowest BCUT2D eigenvalue weighted by Crippen LogP contribution is -2.44. The number of thiophene rings is 1. The summed E-state index contributed by atoms with van der Waals surface area (Å²) in [4.78, 5) is 18.8. The van der Waals surface area contributed by atoms with Gasteiger partial charge in [-0.2, -0.15) is 5.48 Å². The molecule has 7 nitrogen and oxygen atoms in total. The number of carboxylic acid groups (broad SMARTS) is 1. The number of thioether (sulfide) groups is 1. The van der Waals surface area contributed by atoms with Crippen molar-refractivity contribution in [3.63, 3.8) is 0 Å². The Morgan fingerprint density at radius 3 is 3.00 bits per heavy atom. The summed E-state index contributed by atoms with van der Waals surface area (Å²) < 4.78 is 6.66. The molecule has 3 N–H and O–H groups in total. The average Bonchev–Trinajstić information content (AvgIpc) is 3.38. The van der Waals surface area contributed by atoms with Gasteiger partial charge in [-0.1, -0.05) is 6.07 Å². The smallest absolute Gasteiger partial charge is 0.308 e. The monoisotopic (exact) mass is 501 g/mol. The highest BCUT2D eigenvalue weighted by atomic mass is 32.2. The first-order chi connectivity index (χ1) is 16.6. The highest BCUT2D eigenvalue weighted by Crippen LogP contribution is 2.34. The average molecular weight is 502 g/mol. The van der Waals surface area contributed by atoms with Gasteiger partial charge in [0.2, 0.25) is 0 Å². The molecule has 0 amide bonds. The number of hydrogen-bond acceptors (Lipinski definition) is 8. The van der Waals surface area contributed by atoms with Gasteiger partial charge in [-0.05, 0) is 73.0 Å². The number of nitrogens with one attached hydrogen (secondary N) is 1. The Hall–Kier alpha value is -2.17. The van der Waals surface area contributed by atoms with Crippen LogP contribution in [0, 0.1) is 11.8 Å². The van der Waals surface area contributed by atoms with Crippen LogP contribution >= 0.6 is 23.1 Å². The molecule has 1 aliphatic rings. The van der Waals surface area contributed by atoms with Gasteiger partial charge in [0.15, 0.2) is 0 Å². The fourth-order valence-corrected chi connectivity index (χ4v) is 6.63. The Morgan fingerprint density at radius 2 is 2.26 bits per heavy atom. The molecule has 3 heterocycles. The van der Waals surface area contributed by atoms with Crippen LogP contribution in [0.5, 0.6) is 5.75 Å². The van der Waals surface area contributed by atoms with E-state index in [0.29, 0.717) is 13.0 Å². The van der Waals surface area contributed by atoms with Crippen LogP contribution in [0.4, 0.5) is 0 Å². The number of likely N-dealkylation sites (tertiary alicyclic amines) is 1. The van der Waals surface area contributed by atoms with Crippen molar-refractivity contribution in [3.8, 4) is 5.75 Å². The maximum Gasteiger partial charge on any atom is 0.308 e. The third kappa shape index (κ3) is 6.09. The van der Waals surface area contributed by atoms with E-state index in [1.54, 1.807) is 24.6 Å². The largest absolute Gasteiger partial charge is 0.497 e. The van der Waals surface area contributed by atoms with E-state index in [-0.39, 0.29) is 12.0 Å². The summed E-state index contributed by atoms with van der Waals surface area (Å²) in [5, 5.41) is 22.9. The van der Waals surface area contributed by atoms with Crippen LogP contribution in [0.3, 0.4) is 0 Å². The van der Waals surface area contributed by atoms with E-state index >= 15 is 0 Å². The number of methoxy groups -OCH3 is 1. The van der Waals surface area contributed by atoms with Crippen molar-refractivity contribution in [1.82, 2.24) is 15.4 Å². The minimum absolute atomic E-state index is 0.0807. The van der Waals surface area contributed by atoms with Crippen LogP contribution in [0.2, 0.25) is 0 Å². The van der Waals surface area contributed by atoms with Gasteiger partial charge < -0.3 is 20.0 Å². The van der Waals surface area contributed by atoms with Crippen LogP contribution in [0.1, 0.15) is 30.9 Å². The molecule has 0 aliphatic carbocycles. The SMILES string of the molecule is COc1ccc2nccc([C@@H](CC[C@@H]3CCN(CCSc4cccs4)C[C@@H]3C(=O)O)NO)c2c1. The maximum absolute atomic E-state index is 12.1. The number of nitrogens with zero attached hydrogens (tertiary/aromatic N) is 2. The van der Waals surface area contributed by atoms with E-state index in [1.165, 1.54) is 4.21 Å². The summed E-state index contributed by atoms with van der Waals surface area (Å²) in [6.07, 6.45) is 3.95. The molecule has 0 radical (unpaired) electrons. The number of aromatic nitrogens is 1. The van der Waals surface area contributed by atoms with Gasteiger partial charge in [0, 0.05) is 30.4 Å². The molecule has 0 unspecified atom stereocenters. The summed E-state index contributed by atoms with van der Waals surface area (Å²) in [6, 6.07) is 11.5. The van der Waals surface area contributed by atoms with E-state index in [2.05, 4.69) is 32.9 Å². The zero-order valence-corrected chi connectivity index (χ0v) is 20.9. The number of benzene rings is 1. The Kier molecular flexibility index (Phi) is 8.80. The quantitative estimate of drug-likeness (QED) is 0.252. The zero-order valence-electron chi connectivity index (χ0n) is 19.2. The van der Waals surface area contributed by atoms with Crippen molar-refractivity contribution in [1.29, 1.82) is 0 Å². The van der Waals surface area contributed by atoms with Gasteiger partial charge in [-0.3, -0.25) is 9.78 Å². The lowest BCUT2D eigenvalue weighted by atomic mass is 9.81. The van der Waals surface area contributed by atoms with E-state index < -0.39 is 11.9 Å². The van der Waals surface area contributed by atoms with Gasteiger partial charge in [0.25, 0.3) is 0 Å². The summed E-state index contributed by atoms with van der Waals surface area (Å²) in [7, 11) is 1.62. The molecule has 0 bridgehead atoms. The van der Waals surface area contributed by atoms with Crippen LogP contribution in [-0.4, -0.2) is 58.7 Å². The zero-order chi connectivity index (χ0) is 23.9. The molecular formula is C25H31N3O4S2. The highest BCUT2D eigenvalue weighted by Gasteiger charge is 2.34. The van der Waals surface area contributed by atoms with Crippen molar-refractivity contribution >= 4 is 40.0 Å². The standard InChI is InChI=1S/C25H31N3O4S2/c1-32-18-5-7-22-20(15-18)19(8-10-26-22)23(27-31)6-4-17-9-11-28(16-21(17)25(29)30)12-14-34-24-3-2-13-33-24/h2-3,5,7-8,10,13,15,17,21,23,27,31H,4,6,9,11-12,14,16H2,1H3,(H,29,30)/t17-,21+,23-/m1/s1. The minimum atomic E-state index is -0.729. The number of hydrogen-bond donors (Lipinski definition) is 3. The lowest BCUT2D eigenvalue weighted by Gasteiger charge is -2.37. The second kappa shape index (κ2) is 12.0. The molecule has 4 rings (SSSR count). The predicted molar refractivity (Wildman–Crippen MR) is 136 cm³/mol. The first-order valence-electron chi connectivity index (χ1n) is 11.5. The molecule has 2 aromatic heterocycles. The number of hydroxylamine groups is 1. The van der Waals surface area contributed by atoms with Crippen LogP contribution in [0.15, 0.2) is 52.2 Å². The van der Waals surface area contributed by atoms with Crippen LogP contribution in [0.25, 0.3) is 10.9 Å². The molecule has 1 saturated heterocycles. The summed E-state index contributed by atoms with van der Waals surface area (Å²) in [5.41, 5.74) is 4.21. The van der Waals surface area contributed by atoms with Crippen LogP contribution < -0.4 is 10.2 Å². The number of carbonyl (C=O) groups is 1. The number of rotatable bonds is 11. The van der Waals surface area contributed by atoms with Gasteiger partial charge in [-0.25, -0.2) is 0 Å². The normalized spacial score (nSPS) is 19.8. The molecule has 34 heavy (non-hydrogen) atoms. The van der Waals surface area contributed by atoms with E-state index in [9.17, 15) is 15.1 Å². The second-order valence-electron chi connectivity index (χ2n) is 8.62. The maximum atomic E-state index is 12.1. The predicted octanol–water partition coefficient (Wildman–Crippen LogP) is 4.92. The number of pyridine rings is 1. The number of ether oxygens (including phenoxy) is 1. The number of aliphatic carboxylic acids is 1. The molecule has 0 spiro atoms. The Balaban J connectivity index is 1.38. The second-order valence-corrected chi connectivity index (χ2v) is 11.0. The van der Waals surface area contributed by atoms with E-state index in [0.717, 1.165) is 53.9 Å². The van der Waals surface area contributed by atoms with Crippen molar-refractivity contribution in [2.24, 2.45) is 11.8 Å². The fraction of sp³-hybridized carbons (Fsp3) is 0.440. The van der Waals surface area contributed by atoms with Crippen molar-refractivity contribution in [2.45, 2.75) is 29.5 Å². The van der Waals surface area contributed by atoms with Gasteiger partial charge >= 0.3 is 5.97 Å². The van der Waals surface area contributed by atoms with Gasteiger partial charge in [0.1, 0.15) is 5.75 Å². The third-order valence-corrected chi connectivity index (χ3v) is 8.76. The molecule has 1 fully saturated rings. The number of fused-ring (bicyclic) bond motifs is 1. The molecule has 1 aromatic carbocycles. The van der Waals surface area contributed by atoms with Gasteiger partial charge in [-0.15, -0.1) is 23.1 Å². The summed E-state index contributed by atoms with van der Waals surface area (Å²) >= 11 is 3.57. The molecule has 0 saturated carbocycles. The molecule has 182 valence electrons. The molecular weight excluding hydrogens is 470 g/mol. The lowest BCUT2D eigenvalue weighted by molar-refractivity contribution is -0.146.